The molecule has 1 aromatic heterocycles. The highest BCUT2D eigenvalue weighted by Gasteiger charge is 2.29. The minimum Gasteiger partial charge on any atom is -0.481 e. The molecule has 0 aliphatic heterocycles. The second-order valence-electron chi connectivity index (χ2n) is 11.6. The highest BCUT2D eigenvalue weighted by molar-refractivity contribution is 5.92. The molecule has 10 N–H and O–H groups in total. The number of urea groups is 1. The molecule has 2 rings (SSSR count). The van der Waals surface area contributed by atoms with Crippen LogP contribution in [0.15, 0.2) is 18.6 Å². The largest absolute Gasteiger partial charge is 0.481 e. The van der Waals surface area contributed by atoms with Gasteiger partial charge >= 0.3 is 23.9 Å². The summed E-state index contributed by atoms with van der Waals surface area (Å²) in [5, 5.41) is 40.0. The standard InChI is InChI=1S/C30H46N8O10/c31-16-18-6-8-19(9-7-18)25(41)36-20(5-3-13-35-27(43)23-17-32-14-15-33-23)26(42)34-12-2-1-4-21(28(44)45)37-30(48)38-22(29(46)47)10-11-24(39)40/h14-15,17-22H,1-13,16,31H2,(H,34,42)(H,35,43)(H,36,41)(H,39,40)(H,44,45)(H,46,47)(H2,37,38,48)/t18?,19?,20-,21-,22-/m0/s1. The number of rotatable bonds is 21. The molecule has 266 valence electrons. The first-order chi connectivity index (χ1) is 22.9. The number of aliphatic carboxylic acids is 3. The summed E-state index contributed by atoms with van der Waals surface area (Å²) in [6.45, 7) is 0.932. The van der Waals surface area contributed by atoms with Crippen molar-refractivity contribution in [2.24, 2.45) is 17.6 Å². The summed E-state index contributed by atoms with van der Waals surface area (Å²) < 4.78 is 0. The van der Waals surface area contributed by atoms with Gasteiger partial charge in [0.2, 0.25) is 11.8 Å². The number of hydrogen-bond acceptors (Lipinski definition) is 10. The van der Waals surface area contributed by atoms with Gasteiger partial charge < -0.3 is 47.6 Å². The molecule has 1 fully saturated rings. The average Bonchev–Trinajstić information content (AvgIpc) is 3.06. The summed E-state index contributed by atoms with van der Waals surface area (Å²) in [5.41, 5.74) is 5.91. The molecular weight excluding hydrogens is 632 g/mol. The van der Waals surface area contributed by atoms with Crippen LogP contribution in [0.1, 0.15) is 81.1 Å². The maximum Gasteiger partial charge on any atom is 0.326 e. The van der Waals surface area contributed by atoms with Crippen molar-refractivity contribution in [1.29, 1.82) is 0 Å². The van der Waals surface area contributed by atoms with Crippen LogP contribution in [0.4, 0.5) is 4.79 Å². The second kappa shape index (κ2) is 21.1. The minimum atomic E-state index is -1.52. The Balaban J connectivity index is 1.86. The van der Waals surface area contributed by atoms with E-state index in [9.17, 15) is 43.8 Å². The van der Waals surface area contributed by atoms with Crippen molar-refractivity contribution < 1.29 is 48.9 Å². The lowest BCUT2D eigenvalue weighted by molar-refractivity contribution is -0.141. The number of nitrogens with zero attached hydrogens (tertiary/aromatic N) is 2. The smallest absolute Gasteiger partial charge is 0.326 e. The van der Waals surface area contributed by atoms with Crippen molar-refractivity contribution in [2.75, 3.05) is 19.6 Å². The molecule has 18 nitrogen and oxygen atoms in total. The van der Waals surface area contributed by atoms with Crippen molar-refractivity contribution in [1.82, 2.24) is 36.6 Å². The van der Waals surface area contributed by atoms with Crippen LogP contribution in [0, 0.1) is 11.8 Å². The SMILES string of the molecule is NCC1CCC(C(=O)N[C@@H](CCCNC(=O)c2cnccn2)C(=O)NCCCC[C@H](NC(=O)N[C@@H](CCC(=O)O)C(=O)O)C(=O)O)CC1. The molecule has 0 bridgehead atoms. The molecule has 0 spiro atoms. The van der Waals surface area contributed by atoms with Crippen LogP contribution in [0.3, 0.4) is 0 Å². The number of aromatic nitrogens is 2. The fraction of sp³-hybridized carbons (Fsp3) is 0.633. The van der Waals surface area contributed by atoms with Gasteiger partial charge in [0.15, 0.2) is 0 Å². The van der Waals surface area contributed by atoms with Gasteiger partial charge in [-0.15, -0.1) is 0 Å². The summed E-state index contributed by atoms with van der Waals surface area (Å²) in [6, 6.07) is -4.84. The second-order valence-corrected chi connectivity index (χ2v) is 11.6. The van der Waals surface area contributed by atoms with Crippen molar-refractivity contribution in [2.45, 2.75) is 88.8 Å². The summed E-state index contributed by atoms with van der Waals surface area (Å²) in [4.78, 5) is 92.1. The van der Waals surface area contributed by atoms with E-state index in [1.54, 1.807) is 0 Å². The van der Waals surface area contributed by atoms with E-state index in [2.05, 4.69) is 36.6 Å². The van der Waals surface area contributed by atoms with Gasteiger partial charge in [-0.05, 0) is 76.7 Å². The lowest BCUT2D eigenvalue weighted by Gasteiger charge is -2.28. The average molecular weight is 679 g/mol. The third kappa shape index (κ3) is 14.7. The van der Waals surface area contributed by atoms with Gasteiger partial charge in [-0.2, -0.15) is 0 Å². The molecule has 3 atom stereocenters. The molecule has 0 aromatic carbocycles. The maximum atomic E-state index is 13.1. The molecule has 0 radical (unpaired) electrons. The predicted octanol–water partition coefficient (Wildman–Crippen LogP) is -0.407. The van der Waals surface area contributed by atoms with Gasteiger partial charge in [0.25, 0.3) is 5.91 Å². The van der Waals surface area contributed by atoms with E-state index in [0.29, 0.717) is 38.1 Å². The van der Waals surface area contributed by atoms with Crippen LogP contribution in [0.5, 0.6) is 0 Å². The summed E-state index contributed by atoms with van der Waals surface area (Å²) in [5.74, 6) is -5.02. The molecule has 1 aromatic rings. The van der Waals surface area contributed by atoms with Crippen molar-refractivity contribution >= 4 is 41.7 Å². The predicted molar refractivity (Wildman–Crippen MR) is 168 cm³/mol. The van der Waals surface area contributed by atoms with E-state index in [0.717, 1.165) is 12.8 Å². The lowest BCUT2D eigenvalue weighted by atomic mass is 9.81. The van der Waals surface area contributed by atoms with Gasteiger partial charge in [0.05, 0.1) is 6.20 Å². The van der Waals surface area contributed by atoms with Crippen LogP contribution in [0.2, 0.25) is 0 Å². The number of hydrogen-bond donors (Lipinski definition) is 9. The monoisotopic (exact) mass is 678 g/mol. The Hall–Kier alpha value is -4.87. The van der Waals surface area contributed by atoms with Crippen LogP contribution >= 0.6 is 0 Å². The van der Waals surface area contributed by atoms with Gasteiger partial charge in [-0.1, -0.05) is 0 Å². The van der Waals surface area contributed by atoms with Crippen LogP contribution in [0.25, 0.3) is 0 Å². The molecule has 0 saturated heterocycles. The zero-order valence-corrected chi connectivity index (χ0v) is 26.7. The fourth-order valence-electron chi connectivity index (χ4n) is 5.18. The molecule has 1 aliphatic carbocycles. The Morgan fingerprint density at radius 1 is 0.771 bits per heavy atom. The first-order valence-corrected chi connectivity index (χ1v) is 16.0. The fourth-order valence-corrected chi connectivity index (χ4v) is 5.18. The van der Waals surface area contributed by atoms with Crippen LogP contribution in [-0.2, 0) is 24.0 Å². The number of nitrogens with one attached hydrogen (secondary N) is 5. The van der Waals surface area contributed by atoms with E-state index in [1.807, 2.05) is 0 Å². The maximum absolute atomic E-state index is 13.1. The van der Waals surface area contributed by atoms with Gasteiger partial charge in [0, 0.05) is 37.8 Å². The van der Waals surface area contributed by atoms with Crippen LogP contribution < -0.4 is 32.3 Å². The molecule has 48 heavy (non-hydrogen) atoms. The topological polar surface area (TPSA) is 292 Å². The quantitative estimate of drug-likeness (QED) is 0.0749. The molecule has 5 amide bonds. The zero-order valence-electron chi connectivity index (χ0n) is 26.7. The van der Waals surface area contributed by atoms with E-state index in [1.165, 1.54) is 18.6 Å². The van der Waals surface area contributed by atoms with Gasteiger partial charge in [-0.3, -0.25) is 24.2 Å². The first kappa shape index (κ1) is 39.3. The third-order valence-corrected chi connectivity index (χ3v) is 8.01. The number of carboxylic acid groups (broad SMARTS) is 3. The summed E-state index contributed by atoms with van der Waals surface area (Å²) in [7, 11) is 0. The normalized spacial score (nSPS) is 17.5. The number of amides is 5. The molecular formula is C30H46N8O10. The van der Waals surface area contributed by atoms with Crippen LogP contribution in [-0.4, -0.2) is 105 Å². The highest BCUT2D eigenvalue weighted by Crippen LogP contribution is 2.28. The number of carboxylic acids is 3. The van der Waals surface area contributed by atoms with E-state index in [-0.39, 0.29) is 56.3 Å². The van der Waals surface area contributed by atoms with Gasteiger partial charge in [-0.25, -0.2) is 19.4 Å². The third-order valence-electron chi connectivity index (χ3n) is 8.01. The molecule has 1 heterocycles. The van der Waals surface area contributed by atoms with E-state index in [4.69, 9.17) is 10.8 Å². The molecule has 1 aliphatic rings. The Morgan fingerprint density at radius 2 is 1.40 bits per heavy atom. The number of carbonyl (C=O) groups excluding carboxylic acids is 4. The Bertz CT molecular complexity index is 1240. The first-order valence-electron chi connectivity index (χ1n) is 16.0. The summed E-state index contributed by atoms with van der Waals surface area (Å²) >= 11 is 0. The molecule has 18 heteroatoms. The Labute approximate surface area is 277 Å². The zero-order chi connectivity index (χ0) is 35.5. The van der Waals surface area contributed by atoms with Crippen molar-refractivity contribution in [3.05, 3.63) is 24.3 Å². The number of nitrogens with two attached hydrogens (primary N) is 1. The van der Waals surface area contributed by atoms with E-state index < -0.39 is 60.3 Å². The van der Waals surface area contributed by atoms with Crippen molar-refractivity contribution in [3.8, 4) is 0 Å². The van der Waals surface area contributed by atoms with Crippen molar-refractivity contribution in [3.63, 3.8) is 0 Å². The molecule has 0 unspecified atom stereocenters. The Morgan fingerprint density at radius 3 is 1.98 bits per heavy atom. The lowest BCUT2D eigenvalue weighted by Crippen LogP contribution is -2.51. The Kier molecular flexibility index (Phi) is 17.3. The van der Waals surface area contributed by atoms with Gasteiger partial charge in [0.1, 0.15) is 23.8 Å². The summed E-state index contributed by atoms with van der Waals surface area (Å²) in [6.07, 6.45) is 7.44. The highest BCUT2D eigenvalue weighted by atomic mass is 16.4. The molecule has 1 saturated carbocycles. The van der Waals surface area contributed by atoms with E-state index >= 15 is 0 Å². The number of unbranched alkanes of at least 4 members (excludes halogenated alkanes) is 1. The minimum absolute atomic E-state index is 0.0391. The number of carbonyl (C=O) groups is 7.